The minimum Gasteiger partial charge on any atom is -0.409 e. The van der Waals surface area contributed by atoms with Gasteiger partial charge in [-0.1, -0.05) is 12.1 Å². The Bertz CT molecular complexity index is 434. The van der Waals surface area contributed by atoms with Gasteiger partial charge in [-0.15, -0.1) is 0 Å². The van der Waals surface area contributed by atoms with E-state index in [2.05, 4.69) is 20.0 Å². The van der Waals surface area contributed by atoms with Gasteiger partial charge >= 0.3 is 0 Å². The van der Waals surface area contributed by atoms with Crippen molar-refractivity contribution in [1.29, 1.82) is 0 Å². The molecule has 0 saturated carbocycles. The van der Waals surface area contributed by atoms with Crippen molar-refractivity contribution in [3.63, 3.8) is 0 Å². The summed E-state index contributed by atoms with van der Waals surface area (Å²) in [4.78, 5) is 10.4. The molecule has 1 aromatic rings. The first-order valence-corrected chi connectivity index (χ1v) is 5.84. The monoisotopic (exact) mass is 251 g/mol. The molecule has 2 rings (SSSR count). The molecule has 0 amide bonds. The van der Waals surface area contributed by atoms with Gasteiger partial charge in [-0.3, -0.25) is 0 Å². The van der Waals surface area contributed by atoms with Gasteiger partial charge in [0.15, 0.2) is 5.84 Å². The molecule has 0 aromatic carbocycles. The molecule has 0 radical (unpaired) electrons. The number of anilines is 1. The molecule has 18 heavy (non-hydrogen) atoms. The molecule has 0 bridgehead atoms. The summed E-state index contributed by atoms with van der Waals surface area (Å²) in [6, 6.07) is 0. The van der Waals surface area contributed by atoms with E-state index in [1.165, 1.54) is 6.20 Å². The van der Waals surface area contributed by atoms with Gasteiger partial charge in [0.2, 0.25) is 0 Å². The van der Waals surface area contributed by atoms with Crippen molar-refractivity contribution in [1.82, 2.24) is 9.97 Å². The lowest BCUT2D eigenvalue weighted by molar-refractivity contribution is 0.0968. The number of oxime groups is 1. The molecule has 1 aromatic heterocycles. The fraction of sp³-hybridized carbons (Fsp3) is 0.545. The van der Waals surface area contributed by atoms with E-state index in [9.17, 15) is 5.11 Å². The minimum atomic E-state index is -0.245. The van der Waals surface area contributed by atoms with Crippen LogP contribution in [0, 0.1) is 5.92 Å². The van der Waals surface area contributed by atoms with Crippen molar-refractivity contribution in [2.24, 2.45) is 16.8 Å². The van der Waals surface area contributed by atoms with Gasteiger partial charge in [0.05, 0.1) is 18.5 Å². The summed E-state index contributed by atoms with van der Waals surface area (Å²) in [6.45, 7) is 3.51. The summed E-state index contributed by atoms with van der Waals surface area (Å²) in [6.07, 6.45) is 3.55. The first kappa shape index (κ1) is 12.6. The highest BCUT2D eigenvalue weighted by Gasteiger charge is 2.25. The minimum absolute atomic E-state index is 0.0588. The largest absolute Gasteiger partial charge is 0.409 e. The highest BCUT2D eigenvalue weighted by molar-refractivity contribution is 5.94. The van der Waals surface area contributed by atoms with E-state index in [1.807, 2.05) is 6.92 Å². The van der Waals surface area contributed by atoms with Crippen LogP contribution in [0.15, 0.2) is 17.5 Å². The number of nitrogens with two attached hydrogens (primary N) is 1. The molecule has 98 valence electrons. The van der Waals surface area contributed by atoms with Gasteiger partial charge < -0.3 is 20.9 Å². The number of rotatable bonds is 2. The highest BCUT2D eigenvalue weighted by Crippen LogP contribution is 2.20. The number of hydrogen-bond acceptors (Lipinski definition) is 6. The molecule has 4 N–H and O–H groups in total. The second-order valence-electron chi connectivity index (χ2n) is 4.52. The number of hydrogen-bond donors (Lipinski definition) is 3. The van der Waals surface area contributed by atoms with E-state index in [0.717, 1.165) is 25.3 Å². The van der Waals surface area contributed by atoms with Gasteiger partial charge in [0.25, 0.3) is 0 Å². The zero-order valence-electron chi connectivity index (χ0n) is 10.2. The quantitative estimate of drug-likeness (QED) is 0.290. The standard InChI is InChI=1S/C11H17N5O2/c1-7-6-16(3-2-9(7)17)10-5-13-8(4-14-10)11(12)15-18/h4-5,7,9,17-18H,2-3,6H2,1H3,(H2,12,15). The maximum atomic E-state index is 9.67. The summed E-state index contributed by atoms with van der Waals surface area (Å²) in [7, 11) is 0. The molecule has 7 heteroatoms. The number of nitrogens with zero attached hydrogens (tertiary/aromatic N) is 4. The summed E-state index contributed by atoms with van der Waals surface area (Å²) < 4.78 is 0. The van der Waals surface area contributed by atoms with E-state index < -0.39 is 0 Å². The Morgan fingerprint density at radius 3 is 2.83 bits per heavy atom. The Balaban J connectivity index is 2.10. The molecule has 1 fully saturated rings. The molecule has 1 aliphatic heterocycles. The number of aliphatic hydroxyl groups excluding tert-OH is 1. The highest BCUT2D eigenvalue weighted by atomic mass is 16.4. The number of amidine groups is 1. The molecular formula is C11H17N5O2. The van der Waals surface area contributed by atoms with Crippen LogP contribution in [-0.2, 0) is 0 Å². The molecule has 7 nitrogen and oxygen atoms in total. The lowest BCUT2D eigenvalue weighted by atomic mass is 9.97. The van der Waals surface area contributed by atoms with E-state index in [4.69, 9.17) is 10.9 Å². The maximum absolute atomic E-state index is 9.67. The second-order valence-corrected chi connectivity index (χ2v) is 4.52. The zero-order chi connectivity index (χ0) is 13.1. The van der Waals surface area contributed by atoms with Crippen molar-refractivity contribution in [2.45, 2.75) is 19.4 Å². The SMILES string of the molecule is CC1CN(c2cnc(C(N)=NO)cn2)CCC1O. The van der Waals surface area contributed by atoms with Crippen LogP contribution < -0.4 is 10.6 Å². The van der Waals surface area contributed by atoms with Crippen molar-refractivity contribution >= 4 is 11.7 Å². The molecular weight excluding hydrogens is 234 g/mol. The zero-order valence-corrected chi connectivity index (χ0v) is 10.2. The van der Waals surface area contributed by atoms with Gasteiger partial charge in [-0.25, -0.2) is 9.97 Å². The van der Waals surface area contributed by atoms with Crippen molar-refractivity contribution in [2.75, 3.05) is 18.0 Å². The van der Waals surface area contributed by atoms with Crippen LogP contribution in [0.3, 0.4) is 0 Å². The van der Waals surface area contributed by atoms with E-state index in [0.29, 0.717) is 5.69 Å². The second kappa shape index (κ2) is 5.18. The average Bonchev–Trinajstić information content (AvgIpc) is 2.41. The van der Waals surface area contributed by atoms with Crippen LogP contribution in [-0.4, -0.2) is 45.3 Å². The lowest BCUT2D eigenvalue weighted by Gasteiger charge is -2.34. The normalized spacial score (nSPS) is 25.2. The van der Waals surface area contributed by atoms with E-state index >= 15 is 0 Å². The van der Waals surface area contributed by atoms with Crippen LogP contribution in [0.1, 0.15) is 19.0 Å². The predicted molar refractivity (Wildman–Crippen MR) is 66.5 cm³/mol. The third-order valence-corrected chi connectivity index (χ3v) is 3.19. The van der Waals surface area contributed by atoms with Gasteiger partial charge in [-0.05, 0) is 12.3 Å². The van der Waals surface area contributed by atoms with Gasteiger partial charge in [0.1, 0.15) is 11.5 Å². The summed E-state index contributed by atoms with van der Waals surface area (Å²) >= 11 is 0. The first-order valence-electron chi connectivity index (χ1n) is 5.84. The topological polar surface area (TPSA) is 108 Å². The summed E-state index contributed by atoms with van der Waals surface area (Å²) in [5.74, 6) is 0.893. The molecule has 2 unspecified atom stereocenters. The first-order chi connectivity index (χ1) is 8.61. The Labute approximate surface area is 105 Å². The van der Waals surface area contributed by atoms with Crippen LogP contribution >= 0.6 is 0 Å². The molecule has 0 aliphatic carbocycles. The predicted octanol–water partition coefficient (Wildman–Crippen LogP) is -0.222. The van der Waals surface area contributed by atoms with E-state index in [-0.39, 0.29) is 17.9 Å². The summed E-state index contributed by atoms with van der Waals surface area (Å²) in [5, 5.41) is 21.1. The molecule has 2 atom stereocenters. The van der Waals surface area contributed by atoms with E-state index in [1.54, 1.807) is 6.20 Å². The van der Waals surface area contributed by atoms with Crippen molar-refractivity contribution < 1.29 is 10.3 Å². The van der Waals surface area contributed by atoms with Crippen LogP contribution in [0.4, 0.5) is 5.82 Å². The Morgan fingerprint density at radius 2 is 2.28 bits per heavy atom. The lowest BCUT2D eigenvalue weighted by Crippen LogP contribution is -2.42. The Morgan fingerprint density at radius 1 is 1.50 bits per heavy atom. The third-order valence-electron chi connectivity index (χ3n) is 3.19. The Hall–Kier alpha value is -1.89. The molecule has 1 aliphatic rings. The van der Waals surface area contributed by atoms with Crippen molar-refractivity contribution in [3.8, 4) is 0 Å². The van der Waals surface area contributed by atoms with Crippen LogP contribution in [0.2, 0.25) is 0 Å². The molecule has 2 heterocycles. The number of aliphatic hydroxyl groups is 1. The van der Waals surface area contributed by atoms with Crippen molar-refractivity contribution in [3.05, 3.63) is 18.1 Å². The molecule has 1 saturated heterocycles. The fourth-order valence-corrected chi connectivity index (χ4v) is 2.01. The van der Waals surface area contributed by atoms with Gasteiger partial charge in [0, 0.05) is 13.1 Å². The van der Waals surface area contributed by atoms with Crippen LogP contribution in [0.25, 0.3) is 0 Å². The fourth-order valence-electron chi connectivity index (χ4n) is 2.01. The molecule has 0 spiro atoms. The number of piperidine rings is 1. The smallest absolute Gasteiger partial charge is 0.190 e. The van der Waals surface area contributed by atoms with Crippen LogP contribution in [0.5, 0.6) is 0 Å². The average molecular weight is 251 g/mol. The Kier molecular flexibility index (Phi) is 3.61. The maximum Gasteiger partial charge on any atom is 0.190 e. The third kappa shape index (κ3) is 2.51. The summed E-state index contributed by atoms with van der Waals surface area (Å²) in [5.41, 5.74) is 5.75. The number of aromatic nitrogens is 2. The van der Waals surface area contributed by atoms with Gasteiger partial charge in [-0.2, -0.15) is 0 Å².